The number of hydrogen-bond donors (Lipinski definition) is 2. The van der Waals surface area contributed by atoms with E-state index in [1.165, 1.54) is 18.4 Å². The summed E-state index contributed by atoms with van der Waals surface area (Å²) >= 11 is 0. The van der Waals surface area contributed by atoms with Crippen LogP contribution in [-0.2, 0) is 11.2 Å². The molecule has 0 fully saturated rings. The summed E-state index contributed by atoms with van der Waals surface area (Å²) < 4.78 is 0. The van der Waals surface area contributed by atoms with Gasteiger partial charge in [-0.25, -0.2) is 0 Å². The van der Waals surface area contributed by atoms with E-state index in [2.05, 4.69) is 6.92 Å². The molecular weight excluding hydrogens is 192 g/mol. The topological polar surface area (TPSA) is 57.5 Å². The predicted octanol–water partition coefficient (Wildman–Crippen LogP) is 2.83. The van der Waals surface area contributed by atoms with Gasteiger partial charge in [-0.3, -0.25) is 4.79 Å². The summed E-state index contributed by atoms with van der Waals surface area (Å²) in [7, 11) is 0. The monoisotopic (exact) mass is 210 g/mol. The van der Waals surface area contributed by atoms with Crippen molar-refractivity contribution in [2.45, 2.75) is 33.1 Å². The Labute approximate surface area is 90.4 Å². The first-order valence-corrected chi connectivity index (χ1v) is 5.03. The Morgan fingerprint density at radius 2 is 1.73 bits per heavy atom. The van der Waals surface area contributed by atoms with Gasteiger partial charge in [-0.2, -0.15) is 0 Å². The zero-order chi connectivity index (χ0) is 11.7. The lowest BCUT2D eigenvalue weighted by Crippen LogP contribution is -1.82. The standard InChI is InChI=1S/C10H14O.C2H4O2/c1-2-3-4-9-5-7-10(11)8-6-9;1-2(3)4/h5-8,11H,2-4H2,1H3;1H3,(H,3,4). The van der Waals surface area contributed by atoms with Crippen molar-refractivity contribution in [2.75, 3.05) is 0 Å². The maximum atomic E-state index is 9.00. The van der Waals surface area contributed by atoms with Crippen molar-refractivity contribution in [3.05, 3.63) is 29.8 Å². The van der Waals surface area contributed by atoms with Crippen molar-refractivity contribution in [1.82, 2.24) is 0 Å². The molecule has 0 aliphatic carbocycles. The van der Waals surface area contributed by atoms with Gasteiger partial charge in [0.1, 0.15) is 5.75 Å². The Hall–Kier alpha value is -1.51. The average Bonchev–Trinajstić information content (AvgIpc) is 2.16. The molecule has 0 saturated heterocycles. The maximum absolute atomic E-state index is 9.00. The summed E-state index contributed by atoms with van der Waals surface area (Å²) in [5.41, 5.74) is 1.31. The minimum Gasteiger partial charge on any atom is -0.508 e. The number of carboxylic acids is 1. The average molecular weight is 210 g/mol. The molecule has 0 unspecified atom stereocenters. The molecule has 3 nitrogen and oxygen atoms in total. The smallest absolute Gasteiger partial charge is 0.300 e. The van der Waals surface area contributed by atoms with Gasteiger partial charge in [0.15, 0.2) is 0 Å². The van der Waals surface area contributed by atoms with Crippen LogP contribution in [0.2, 0.25) is 0 Å². The van der Waals surface area contributed by atoms with Crippen molar-refractivity contribution < 1.29 is 15.0 Å². The maximum Gasteiger partial charge on any atom is 0.300 e. The number of benzene rings is 1. The summed E-state index contributed by atoms with van der Waals surface area (Å²) in [5.74, 6) is -0.481. The van der Waals surface area contributed by atoms with E-state index in [0.717, 1.165) is 13.3 Å². The van der Waals surface area contributed by atoms with Crippen LogP contribution in [0.15, 0.2) is 24.3 Å². The van der Waals surface area contributed by atoms with Crippen LogP contribution in [0.3, 0.4) is 0 Å². The van der Waals surface area contributed by atoms with Crippen molar-refractivity contribution in [3.63, 3.8) is 0 Å². The van der Waals surface area contributed by atoms with Crippen molar-refractivity contribution >= 4 is 5.97 Å². The predicted molar refractivity (Wildman–Crippen MR) is 60.0 cm³/mol. The fourth-order valence-corrected chi connectivity index (χ4v) is 1.04. The molecule has 0 amide bonds. The van der Waals surface area contributed by atoms with Gasteiger partial charge in [-0.1, -0.05) is 25.5 Å². The lowest BCUT2D eigenvalue weighted by molar-refractivity contribution is -0.134. The van der Waals surface area contributed by atoms with Crippen LogP contribution in [0.1, 0.15) is 32.3 Å². The first-order chi connectivity index (χ1) is 7.06. The van der Waals surface area contributed by atoms with E-state index in [4.69, 9.17) is 15.0 Å². The van der Waals surface area contributed by atoms with Crippen LogP contribution in [-0.4, -0.2) is 16.2 Å². The highest BCUT2D eigenvalue weighted by atomic mass is 16.4. The second-order valence-electron chi connectivity index (χ2n) is 3.29. The van der Waals surface area contributed by atoms with E-state index in [1.54, 1.807) is 12.1 Å². The van der Waals surface area contributed by atoms with E-state index in [9.17, 15) is 0 Å². The highest BCUT2D eigenvalue weighted by Gasteiger charge is 1.91. The van der Waals surface area contributed by atoms with Crippen LogP contribution >= 0.6 is 0 Å². The molecule has 0 heterocycles. The van der Waals surface area contributed by atoms with Crippen LogP contribution in [0, 0.1) is 0 Å². The molecule has 0 saturated carbocycles. The third kappa shape index (κ3) is 8.81. The van der Waals surface area contributed by atoms with Gasteiger partial charge in [0, 0.05) is 6.92 Å². The number of phenolic OH excluding ortho intramolecular Hbond substituents is 1. The summed E-state index contributed by atoms with van der Waals surface area (Å²) in [5, 5.41) is 16.4. The van der Waals surface area contributed by atoms with Crippen LogP contribution in [0.5, 0.6) is 5.75 Å². The molecule has 0 aromatic heterocycles. The molecule has 1 aromatic rings. The Kier molecular flexibility index (Phi) is 7.06. The van der Waals surface area contributed by atoms with E-state index < -0.39 is 5.97 Å². The molecule has 0 atom stereocenters. The fraction of sp³-hybridized carbons (Fsp3) is 0.417. The molecule has 0 radical (unpaired) electrons. The summed E-state index contributed by atoms with van der Waals surface area (Å²) in [6.45, 7) is 3.26. The largest absolute Gasteiger partial charge is 0.508 e. The molecule has 0 aliphatic heterocycles. The fourth-order valence-electron chi connectivity index (χ4n) is 1.04. The van der Waals surface area contributed by atoms with E-state index in [1.807, 2.05) is 12.1 Å². The molecule has 1 aromatic carbocycles. The second-order valence-corrected chi connectivity index (χ2v) is 3.29. The van der Waals surface area contributed by atoms with Crippen LogP contribution in [0.4, 0.5) is 0 Å². The van der Waals surface area contributed by atoms with E-state index >= 15 is 0 Å². The molecule has 0 spiro atoms. The second kappa shape index (κ2) is 7.85. The number of unbranched alkanes of at least 4 members (excludes halogenated alkanes) is 1. The summed E-state index contributed by atoms with van der Waals surface area (Å²) in [4.78, 5) is 9.00. The Balaban J connectivity index is 0.000000423. The zero-order valence-electron chi connectivity index (χ0n) is 9.23. The van der Waals surface area contributed by atoms with Crippen LogP contribution < -0.4 is 0 Å². The molecule has 3 heteroatoms. The zero-order valence-corrected chi connectivity index (χ0v) is 9.23. The first kappa shape index (κ1) is 13.5. The summed E-state index contributed by atoms with van der Waals surface area (Å²) in [6.07, 6.45) is 3.57. The van der Waals surface area contributed by atoms with Gasteiger partial charge in [-0.15, -0.1) is 0 Å². The molecule has 84 valence electrons. The molecule has 2 N–H and O–H groups in total. The number of aromatic hydroxyl groups is 1. The Morgan fingerprint density at radius 1 is 1.27 bits per heavy atom. The molecular formula is C12H18O3. The highest BCUT2D eigenvalue weighted by Crippen LogP contribution is 2.11. The molecule has 0 bridgehead atoms. The van der Waals surface area contributed by atoms with Gasteiger partial charge in [0.25, 0.3) is 5.97 Å². The van der Waals surface area contributed by atoms with Crippen LogP contribution in [0.25, 0.3) is 0 Å². The highest BCUT2D eigenvalue weighted by molar-refractivity contribution is 5.62. The third-order valence-corrected chi connectivity index (χ3v) is 1.76. The first-order valence-electron chi connectivity index (χ1n) is 5.03. The minimum absolute atomic E-state index is 0.352. The van der Waals surface area contributed by atoms with Gasteiger partial charge < -0.3 is 10.2 Å². The lowest BCUT2D eigenvalue weighted by atomic mass is 10.1. The van der Waals surface area contributed by atoms with E-state index in [0.29, 0.717) is 5.75 Å². The quantitative estimate of drug-likeness (QED) is 0.806. The normalized spacial score (nSPS) is 8.93. The number of aliphatic carboxylic acids is 1. The van der Waals surface area contributed by atoms with Crippen molar-refractivity contribution in [3.8, 4) is 5.75 Å². The third-order valence-electron chi connectivity index (χ3n) is 1.76. The minimum atomic E-state index is -0.833. The number of carbonyl (C=O) groups is 1. The SMILES string of the molecule is CC(=O)O.CCCCc1ccc(O)cc1. The Bertz CT molecular complexity index is 273. The van der Waals surface area contributed by atoms with Gasteiger partial charge in [-0.05, 0) is 30.5 Å². The number of hydrogen-bond acceptors (Lipinski definition) is 2. The van der Waals surface area contributed by atoms with E-state index in [-0.39, 0.29) is 0 Å². The van der Waals surface area contributed by atoms with Gasteiger partial charge >= 0.3 is 0 Å². The molecule has 0 aliphatic rings. The number of aryl methyl sites for hydroxylation is 1. The Morgan fingerprint density at radius 3 is 2.13 bits per heavy atom. The van der Waals surface area contributed by atoms with Crippen molar-refractivity contribution in [2.24, 2.45) is 0 Å². The van der Waals surface area contributed by atoms with Gasteiger partial charge in [0.2, 0.25) is 0 Å². The molecule has 15 heavy (non-hydrogen) atoms. The lowest BCUT2D eigenvalue weighted by Gasteiger charge is -1.98. The number of phenols is 1. The summed E-state index contributed by atoms with van der Waals surface area (Å²) in [6, 6.07) is 7.44. The number of carboxylic acid groups (broad SMARTS) is 1. The van der Waals surface area contributed by atoms with Gasteiger partial charge in [0.05, 0.1) is 0 Å². The number of rotatable bonds is 3. The van der Waals surface area contributed by atoms with Crippen molar-refractivity contribution in [1.29, 1.82) is 0 Å². The molecule has 1 rings (SSSR count).